The van der Waals surface area contributed by atoms with Gasteiger partial charge in [-0.25, -0.2) is 0 Å². The number of aliphatic hydroxyl groups is 1. The van der Waals surface area contributed by atoms with Crippen LogP contribution in [0.5, 0.6) is 0 Å². The zero-order valence-electron chi connectivity index (χ0n) is 12.4. The molecule has 0 fully saturated rings. The van der Waals surface area contributed by atoms with Crippen LogP contribution in [0.15, 0.2) is 30.3 Å². The second kappa shape index (κ2) is 8.31. The lowest BCUT2D eigenvalue weighted by Gasteiger charge is -2.27. The van der Waals surface area contributed by atoms with E-state index in [0.717, 1.165) is 13.0 Å². The van der Waals surface area contributed by atoms with E-state index in [9.17, 15) is 0 Å². The fourth-order valence-electron chi connectivity index (χ4n) is 2.08. The van der Waals surface area contributed by atoms with E-state index < -0.39 is 0 Å². The van der Waals surface area contributed by atoms with Crippen LogP contribution in [0.3, 0.4) is 0 Å². The molecule has 1 rings (SSSR count). The minimum atomic E-state index is 0.0874. The molecule has 0 spiro atoms. The quantitative estimate of drug-likeness (QED) is 0.710. The zero-order chi connectivity index (χ0) is 14.1. The molecule has 0 aromatic heterocycles. The minimum absolute atomic E-state index is 0.0874. The van der Waals surface area contributed by atoms with Gasteiger partial charge in [0.05, 0.1) is 19.8 Å². The van der Waals surface area contributed by atoms with Crippen LogP contribution in [0.2, 0.25) is 0 Å². The van der Waals surface area contributed by atoms with Gasteiger partial charge in [-0.1, -0.05) is 51.1 Å². The lowest BCUT2D eigenvalue weighted by atomic mass is 9.85. The molecule has 0 saturated carbocycles. The molecule has 1 aromatic carbocycles. The van der Waals surface area contributed by atoms with Crippen LogP contribution in [0.4, 0.5) is 0 Å². The van der Waals surface area contributed by atoms with Crippen molar-refractivity contribution in [3.05, 3.63) is 35.9 Å². The van der Waals surface area contributed by atoms with Crippen LogP contribution in [-0.2, 0) is 4.74 Å². The Morgan fingerprint density at radius 1 is 1.16 bits per heavy atom. The molecular weight excluding hydrogens is 238 g/mol. The topological polar surface area (TPSA) is 41.5 Å². The number of nitrogens with one attached hydrogen (secondary N) is 1. The van der Waals surface area contributed by atoms with E-state index in [-0.39, 0.29) is 12.0 Å². The summed E-state index contributed by atoms with van der Waals surface area (Å²) in [4.78, 5) is 0. The summed E-state index contributed by atoms with van der Waals surface area (Å²) < 4.78 is 5.29. The summed E-state index contributed by atoms with van der Waals surface area (Å²) in [5.74, 6) is 0. The molecular formula is C16H27NO2. The lowest BCUT2D eigenvalue weighted by molar-refractivity contribution is 0.0916. The molecule has 0 amide bonds. The van der Waals surface area contributed by atoms with Gasteiger partial charge in [0.15, 0.2) is 0 Å². The summed E-state index contributed by atoms with van der Waals surface area (Å²) in [6.07, 6.45) is 1.08. The fourth-order valence-corrected chi connectivity index (χ4v) is 2.08. The molecule has 0 bridgehead atoms. The Balaban J connectivity index is 2.51. The molecule has 0 aliphatic carbocycles. The Hall–Kier alpha value is -0.900. The van der Waals surface area contributed by atoms with Gasteiger partial charge < -0.3 is 15.2 Å². The first-order valence-electron chi connectivity index (χ1n) is 7.00. The Morgan fingerprint density at radius 2 is 1.84 bits per heavy atom. The second-order valence-electron chi connectivity index (χ2n) is 6.02. The van der Waals surface area contributed by atoms with Crippen LogP contribution in [0.25, 0.3) is 0 Å². The highest BCUT2D eigenvalue weighted by molar-refractivity contribution is 5.19. The highest BCUT2D eigenvalue weighted by atomic mass is 16.5. The molecule has 108 valence electrons. The number of aliphatic hydroxyl groups excluding tert-OH is 1. The van der Waals surface area contributed by atoms with Crippen LogP contribution < -0.4 is 5.32 Å². The van der Waals surface area contributed by atoms with E-state index in [1.807, 2.05) is 6.07 Å². The van der Waals surface area contributed by atoms with Crippen LogP contribution >= 0.6 is 0 Å². The maximum atomic E-state index is 8.66. The number of rotatable bonds is 8. The number of hydrogen-bond acceptors (Lipinski definition) is 3. The summed E-state index contributed by atoms with van der Waals surface area (Å²) in [5, 5.41) is 12.2. The number of ether oxygens (including phenoxy) is 1. The van der Waals surface area contributed by atoms with Crippen molar-refractivity contribution in [2.24, 2.45) is 5.41 Å². The van der Waals surface area contributed by atoms with E-state index in [1.165, 1.54) is 5.56 Å². The first kappa shape index (κ1) is 16.2. The van der Waals surface area contributed by atoms with Crippen LogP contribution in [0.1, 0.15) is 38.8 Å². The van der Waals surface area contributed by atoms with Gasteiger partial charge in [0.1, 0.15) is 0 Å². The van der Waals surface area contributed by atoms with Crippen molar-refractivity contribution in [1.29, 1.82) is 0 Å². The normalized spacial score (nSPS) is 13.5. The van der Waals surface area contributed by atoms with E-state index in [0.29, 0.717) is 19.3 Å². The Labute approximate surface area is 117 Å². The molecule has 3 heteroatoms. The first-order chi connectivity index (χ1) is 9.03. The molecule has 1 unspecified atom stereocenters. The third-order valence-electron chi connectivity index (χ3n) is 2.89. The van der Waals surface area contributed by atoms with Crippen molar-refractivity contribution in [2.45, 2.75) is 33.2 Å². The molecule has 2 N–H and O–H groups in total. The largest absolute Gasteiger partial charge is 0.394 e. The first-order valence-corrected chi connectivity index (χ1v) is 7.00. The molecule has 0 saturated heterocycles. The Morgan fingerprint density at radius 3 is 2.42 bits per heavy atom. The lowest BCUT2D eigenvalue weighted by Crippen LogP contribution is -2.29. The molecule has 19 heavy (non-hydrogen) atoms. The molecule has 0 aliphatic heterocycles. The van der Waals surface area contributed by atoms with Crippen LogP contribution in [0, 0.1) is 5.41 Å². The molecule has 0 heterocycles. The van der Waals surface area contributed by atoms with Gasteiger partial charge in [-0.15, -0.1) is 0 Å². The number of hydrogen-bond donors (Lipinski definition) is 2. The Kier molecular flexibility index (Phi) is 7.06. The van der Waals surface area contributed by atoms with Gasteiger partial charge in [-0.05, 0) is 17.4 Å². The zero-order valence-corrected chi connectivity index (χ0v) is 12.4. The van der Waals surface area contributed by atoms with Crippen LogP contribution in [-0.4, -0.2) is 31.5 Å². The minimum Gasteiger partial charge on any atom is -0.394 e. The van der Waals surface area contributed by atoms with E-state index in [2.05, 4.69) is 50.4 Å². The average Bonchev–Trinajstić information content (AvgIpc) is 2.37. The maximum absolute atomic E-state index is 8.66. The average molecular weight is 265 g/mol. The monoisotopic (exact) mass is 265 g/mol. The fraction of sp³-hybridized carbons (Fsp3) is 0.625. The predicted octanol–water partition coefficient (Wildman–Crippen LogP) is 2.76. The maximum Gasteiger partial charge on any atom is 0.0698 e. The standard InChI is InChI=1S/C16H27NO2/c1-16(2,3)13-15(14-7-5-4-6-8-14)17-9-11-19-12-10-18/h4-8,15,17-18H,9-13H2,1-3H3. The summed E-state index contributed by atoms with van der Waals surface area (Å²) in [7, 11) is 0. The summed E-state index contributed by atoms with van der Waals surface area (Å²) in [6.45, 7) is 8.71. The molecule has 0 radical (unpaired) electrons. The van der Waals surface area contributed by atoms with Crippen molar-refractivity contribution in [2.75, 3.05) is 26.4 Å². The van der Waals surface area contributed by atoms with Gasteiger partial charge >= 0.3 is 0 Å². The molecule has 3 nitrogen and oxygen atoms in total. The molecule has 1 atom stereocenters. The summed E-state index contributed by atoms with van der Waals surface area (Å²) >= 11 is 0. The van der Waals surface area contributed by atoms with Gasteiger partial charge in [0.2, 0.25) is 0 Å². The van der Waals surface area contributed by atoms with Crippen molar-refractivity contribution in [3.63, 3.8) is 0 Å². The van der Waals surface area contributed by atoms with Gasteiger partial charge in [0.25, 0.3) is 0 Å². The second-order valence-corrected chi connectivity index (χ2v) is 6.02. The predicted molar refractivity (Wildman–Crippen MR) is 79.2 cm³/mol. The summed E-state index contributed by atoms with van der Waals surface area (Å²) in [5.41, 5.74) is 1.60. The Bertz CT molecular complexity index is 332. The summed E-state index contributed by atoms with van der Waals surface area (Å²) in [6, 6.07) is 10.9. The van der Waals surface area contributed by atoms with E-state index in [4.69, 9.17) is 9.84 Å². The van der Waals surface area contributed by atoms with Crippen molar-refractivity contribution in [1.82, 2.24) is 5.32 Å². The SMILES string of the molecule is CC(C)(C)CC(NCCOCCO)c1ccccc1. The van der Waals surface area contributed by atoms with E-state index >= 15 is 0 Å². The molecule has 0 aliphatic rings. The van der Waals surface area contributed by atoms with E-state index in [1.54, 1.807) is 0 Å². The number of benzene rings is 1. The van der Waals surface area contributed by atoms with Gasteiger partial charge in [0, 0.05) is 12.6 Å². The van der Waals surface area contributed by atoms with Crippen molar-refractivity contribution < 1.29 is 9.84 Å². The third kappa shape index (κ3) is 7.31. The highest BCUT2D eigenvalue weighted by Gasteiger charge is 2.19. The smallest absolute Gasteiger partial charge is 0.0698 e. The molecule has 1 aromatic rings. The third-order valence-corrected chi connectivity index (χ3v) is 2.89. The van der Waals surface area contributed by atoms with Crippen molar-refractivity contribution in [3.8, 4) is 0 Å². The van der Waals surface area contributed by atoms with Gasteiger partial charge in [-0.3, -0.25) is 0 Å². The highest BCUT2D eigenvalue weighted by Crippen LogP contribution is 2.29. The van der Waals surface area contributed by atoms with Crippen molar-refractivity contribution >= 4 is 0 Å². The van der Waals surface area contributed by atoms with Gasteiger partial charge in [-0.2, -0.15) is 0 Å².